The van der Waals surface area contributed by atoms with E-state index in [4.69, 9.17) is 23.2 Å². The highest BCUT2D eigenvalue weighted by molar-refractivity contribution is 6.36. The van der Waals surface area contributed by atoms with Gasteiger partial charge in [-0.25, -0.2) is 4.39 Å². The van der Waals surface area contributed by atoms with Gasteiger partial charge in [0.05, 0.1) is 11.2 Å². The summed E-state index contributed by atoms with van der Waals surface area (Å²) in [5, 5.41) is 8.14. The summed E-state index contributed by atoms with van der Waals surface area (Å²) in [5.41, 5.74) is 2.75. The molecule has 1 N–H and O–H groups in total. The zero-order valence-corrected chi connectivity index (χ0v) is 13.9. The van der Waals surface area contributed by atoms with Crippen LogP contribution in [0.5, 0.6) is 0 Å². The summed E-state index contributed by atoms with van der Waals surface area (Å²) >= 11 is 12.2. The number of halogens is 3. The largest absolute Gasteiger partial charge is 0.303 e. The van der Waals surface area contributed by atoms with Gasteiger partial charge >= 0.3 is 0 Å². The summed E-state index contributed by atoms with van der Waals surface area (Å²) in [6.45, 7) is 5.95. The van der Waals surface area contributed by atoms with E-state index in [0.717, 1.165) is 11.3 Å². The molecule has 114 valence electrons. The minimum absolute atomic E-state index is 0.0455. The van der Waals surface area contributed by atoms with E-state index in [0.29, 0.717) is 10.6 Å². The molecule has 0 amide bonds. The van der Waals surface area contributed by atoms with Gasteiger partial charge in [-0.1, -0.05) is 23.2 Å². The molecule has 0 spiro atoms. The molecule has 21 heavy (non-hydrogen) atoms. The molecule has 0 aliphatic heterocycles. The Bertz CT molecular complexity index is 655. The van der Waals surface area contributed by atoms with E-state index >= 15 is 0 Å². The number of hydrogen-bond donors (Lipinski definition) is 1. The van der Waals surface area contributed by atoms with E-state index in [1.807, 2.05) is 38.7 Å². The number of rotatable bonds is 4. The van der Waals surface area contributed by atoms with Crippen molar-refractivity contribution in [3.8, 4) is 0 Å². The number of hydrogen-bond acceptors (Lipinski definition) is 2. The fourth-order valence-corrected chi connectivity index (χ4v) is 3.13. The second kappa shape index (κ2) is 6.34. The summed E-state index contributed by atoms with van der Waals surface area (Å²) in [5.74, 6) is -0.463. The highest BCUT2D eigenvalue weighted by Gasteiger charge is 2.20. The second-order valence-corrected chi connectivity index (χ2v) is 5.96. The molecule has 0 radical (unpaired) electrons. The Morgan fingerprint density at radius 1 is 1.24 bits per heavy atom. The molecule has 3 nitrogen and oxygen atoms in total. The van der Waals surface area contributed by atoms with Crippen LogP contribution in [-0.4, -0.2) is 9.78 Å². The normalized spacial score (nSPS) is 14.2. The predicted molar refractivity (Wildman–Crippen MR) is 84.3 cm³/mol. The van der Waals surface area contributed by atoms with E-state index in [-0.39, 0.29) is 17.1 Å². The molecule has 0 bridgehead atoms. The van der Waals surface area contributed by atoms with Gasteiger partial charge in [0.25, 0.3) is 0 Å². The van der Waals surface area contributed by atoms with Crippen LogP contribution in [0.4, 0.5) is 4.39 Å². The van der Waals surface area contributed by atoms with E-state index in [2.05, 4.69) is 10.4 Å². The summed E-state index contributed by atoms with van der Waals surface area (Å²) in [6.07, 6.45) is 1.83. The van der Waals surface area contributed by atoms with Gasteiger partial charge in [-0.05, 0) is 32.9 Å². The zero-order valence-electron chi connectivity index (χ0n) is 12.4. The summed E-state index contributed by atoms with van der Waals surface area (Å²) in [7, 11) is 1.90. The van der Waals surface area contributed by atoms with Crippen LogP contribution < -0.4 is 5.32 Å². The van der Waals surface area contributed by atoms with Crippen LogP contribution in [0.1, 0.15) is 42.8 Å². The fourth-order valence-electron chi connectivity index (χ4n) is 2.43. The highest BCUT2D eigenvalue weighted by Crippen LogP contribution is 2.33. The molecule has 0 fully saturated rings. The number of nitrogens with zero attached hydrogens (tertiary/aromatic N) is 2. The number of benzene rings is 1. The Morgan fingerprint density at radius 2 is 1.90 bits per heavy atom. The molecule has 0 saturated heterocycles. The molecule has 0 aliphatic carbocycles. The molecule has 0 aliphatic rings. The first-order chi connectivity index (χ1) is 9.82. The van der Waals surface area contributed by atoms with Crippen LogP contribution in [0, 0.1) is 12.7 Å². The van der Waals surface area contributed by atoms with Gasteiger partial charge in [0.15, 0.2) is 0 Å². The Kier molecular flexibility index (Phi) is 4.91. The number of aromatic nitrogens is 2. The summed E-state index contributed by atoms with van der Waals surface area (Å²) in [4.78, 5) is 0. The Balaban J connectivity index is 2.24. The predicted octanol–water partition coefficient (Wildman–Crippen LogP) is 4.59. The van der Waals surface area contributed by atoms with Gasteiger partial charge in [0, 0.05) is 41.0 Å². The van der Waals surface area contributed by atoms with Gasteiger partial charge in [-0.2, -0.15) is 5.10 Å². The standard InChI is InChI=1S/C15H18Cl2FN3/c1-8(11-7-19-21(4)10(11)3)20-9(2)14-12(16)5-6-13(18)15(14)17/h5-9,20H,1-4H3. The smallest absolute Gasteiger partial charge is 0.142 e. The van der Waals surface area contributed by atoms with E-state index in [1.54, 1.807) is 0 Å². The van der Waals surface area contributed by atoms with Crippen molar-refractivity contribution < 1.29 is 4.39 Å². The van der Waals surface area contributed by atoms with Crippen LogP contribution in [0.3, 0.4) is 0 Å². The Labute approximate surface area is 134 Å². The highest BCUT2D eigenvalue weighted by atomic mass is 35.5. The first kappa shape index (κ1) is 16.3. The lowest BCUT2D eigenvalue weighted by Gasteiger charge is -2.22. The summed E-state index contributed by atoms with van der Waals surface area (Å²) in [6, 6.07) is 2.66. The molecule has 2 aromatic rings. The molecule has 1 aromatic carbocycles. The number of aryl methyl sites for hydroxylation is 1. The van der Waals surface area contributed by atoms with Gasteiger partial charge in [-0.15, -0.1) is 0 Å². The van der Waals surface area contributed by atoms with Gasteiger partial charge < -0.3 is 5.32 Å². The third kappa shape index (κ3) is 3.23. The van der Waals surface area contributed by atoms with Crippen molar-refractivity contribution in [2.24, 2.45) is 7.05 Å². The van der Waals surface area contributed by atoms with Crippen molar-refractivity contribution in [2.75, 3.05) is 0 Å². The van der Waals surface area contributed by atoms with Crippen molar-refractivity contribution in [1.82, 2.24) is 15.1 Å². The molecule has 6 heteroatoms. The quantitative estimate of drug-likeness (QED) is 0.831. The van der Waals surface area contributed by atoms with E-state index in [1.165, 1.54) is 12.1 Å². The van der Waals surface area contributed by atoms with Gasteiger partial charge in [-0.3, -0.25) is 4.68 Å². The molecule has 1 aromatic heterocycles. The fraction of sp³-hybridized carbons (Fsp3) is 0.400. The molecule has 2 atom stereocenters. The second-order valence-electron chi connectivity index (χ2n) is 5.18. The van der Waals surface area contributed by atoms with Crippen molar-refractivity contribution in [3.05, 3.63) is 51.0 Å². The van der Waals surface area contributed by atoms with Crippen LogP contribution in [0.15, 0.2) is 18.3 Å². The lowest BCUT2D eigenvalue weighted by atomic mass is 10.0. The SMILES string of the molecule is Cc1c(C(C)NC(C)c2c(Cl)ccc(F)c2Cl)cnn1C. The summed E-state index contributed by atoms with van der Waals surface area (Å²) < 4.78 is 15.4. The maximum Gasteiger partial charge on any atom is 0.142 e. The van der Waals surface area contributed by atoms with E-state index < -0.39 is 5.82 Å². The molecule has 1 heterocycles. The topological polar surface area (TPSA) is 29.9 Å². The van der Waals surface area contributed by atoms with Crippen molar-refractivity contribution in [1.29, 1.82) is 0 Å². The maximum atomic E-state index is 13.6. The van der Waals surface area contributed by atoms with Crippen molar-refractivity contribution >= 4 is 23.2 Å². The molecule has 0 saturated carbocycles. The van der Waals surface area contributed by atoms with Crippen LogP contribution >= 0.6 is 23.2 Å². The van der Waals surface area contributed by atoms with Crippen LogP contribution in [0.25, 0.3) is 0 Å². The molecule has 2 unspecified atom stereocenters. The Hall–Kier alpha value is -1.10. The monoisotopic (exact) mass is 329 g/mol. The van der Waals surface area contributed by atoms with Gasteiger partial charge in [0.1, 0.15) is 5.82 Å². The first-order valence-electron chi connectivity index (χ1n) is 6.70. The number of nitrogens with one attached hydrogen (secondary N) is 1. The lowest BCUT2D eigenvalue weighted by Crippen LogP contribution is -2.23. The third-order valence-corrected chi connectivity index (χ3v) is 4.47. The zero-order chi connectivity index (χ0) is 15.7. The van der Waals surface area contributed by atoms with Crippen LogP contribution in [0.2, 0.25) is 10.0 Å². The minimum atomic E-state index is -0.463. The third-order valence-electron chi connectivity index (χ3n) is 3.75. The average molecular weight is 330 g/mol. The molecular formula is C15H18Cl2FN3. The van der Waals surface area contributed by atoms with Gasteiger partial charge in [0.2, 0.25) is 0 Å². The van der Waals surface area contributed by atoms with Crippen molar-refractivity contribution in [3.63, 3.8) is 0 Å². The minimum Gasteiger partial charge on any atom is -0.303 e. The average Bonchev–Trinajstić information content (AvgIpc) is 2.75. The van der Waals surface area contributed by atoms with Crippen molar-refractivity contribution in [2.45, 2.75) is 32.9 Å². The molecule has 2 rings (SSSR count). The maximum absolute atomic E-state index is 13.6. The van der Waals surface area contributed by atoms with Crippen LogP contribution in [-0.2, 0) is 7.05 Å². The van der Waals surface area contributed by atoms with E-state index in [9.17, 15) is 4.39 Å². The first-order valence-corrected chi connectivity index (χ1v) is 7.46. The molecular weight excluding hydrogens is 312 g/mol. The lowest BCUT2D eigenvalue weighted by molar-refractivity contribution is 0.490. The Morgan fingerprint density at radius 3 is 2.48 bits per heavy atom.